The van der Waals surface area contributed by atoms with E-state index in [1.54, 1.807) is 32.3 Å². The normalized spacial score (nSPS) is 14.2. The number of nitrogens with zero attached hydrogens (tertiary/aromatic N) is 2. The Labute approximate surface area is 219 Å². The monoisotopic (exact) mass is 517 g/mol. The Bertz CT molecular complexity index is 1520. The molecule has 2 aromatic heterocycles. The zero-order chi connectivity index (χ0) is 26.6. The molecule has 0 bridgehead atoms. The minimum absolute atomic E-state index is 0.0637. The van der Waals surface area contributed by atoms with E-state index < -0.39 is 11.5 Å². The van der Waals surface area contributed by atoms with Crippen molar-refractivity contribution in [3.05, 3.63) is 99.2 Å². The van der Waals surface area contributed by atoms with Gasteiger partial charge in [-0.05, 0) is 37.2 Å². The highest BCUT2D eigenvalue weighted by molar-refractivity contribution is 6.00. The van der Waals surface area contributed by atoms with Gasteiger partial charge in [-0.1, -0.05) is 42.5 Å². The number of hydrogen-bond donors (Lipinski definition) is 1. The summed E-state index contributed by atoms with van der Waals surface area (Å²) in [5.41, 5.74) is 2.54. The zero-order valence-corrected chi connectivity index (χ0v) is 21.2. The van der Waals surface area contributed by atoms with Crippen molar-refractivity contribution in [2.75, 3.05) is 20.2 Å². The molecule has 0 fully saturated rings. The largest absolute Gasteiger partial charge is 0.485 e. The molecule has 1 aliphatic heterocycles. The van der Waals surface area contributed by atoms with E-state index in [9.17, 15) is 14.0 Å². The number of benzene rings is 2. The molecule has 0 saturated heterocycles. The molecule has 38 heavy (non-hydrogen) atoms. The Hall–Kier alpha value is -4.24. The molecular formula is C29H28FN3O5. The first-order chi connectivity index (χ1) is 18.5. The smallest absolute Gasteiger partial charge is 0.347 e. The number of likely N-dealkylation sites (N-methyl/N-ethyl adjacent to an activating group) is 1. The van der Waals surface area contributed by atoms with Gasteiger partial charge in [0.05, 0.1) is 13.2 Å². The number of esters is 1. The number of ether oxygens (including phenoxy) is 3. The van der Waals surface area contributed by atoms with Gasteiger partial charge in [0, 0.05) is 24.7 Å². The summed E-state index contributed by atoms with van der Waals surface area (Å²) in [4.78, 5) is 31.5. The summed E-state index contributed by atoms with van der Waals surface area (Å²) in [7, 11) is 1.80. The van der Waals surface area contributed by atoms with Crippen molar-refractivity contribution in [3.8, 4) is 11.5 Å². The van der Waals surface area contributed by atoms with Crippen LogP contribution in [-0.2, 0) is 24.3 Å². The molecule has 196 valence electrons. The van der Waals surface area contributed by atoms with Crippen LogP contribution in [0, 0.1) is 5.82 Å². The molecule has 1 unspecified atom stereocenters. The van der Waals surface area contributed by atoms with Crippen LogP contribution in [-0.4, -0.2) is 41.8 Å². The maximum Gasteiger partial charge on any atom is 0.347 e. The lowest BCUT2D eigenvalue weighted by Crippen LogP contribution is -2.41. The molecule has 1 aliphatic rings. The number of hydrogen-bond acceptors (Lipinski definition) is 7. The summed E-state index contributed by atoms with van der Waals surface area (Å²) >= 11 is 0. The Morgan fingerprint density at radius 2 is 1.92 bits per heavy atom. The van der Waals surface area contributed by atoms with Crippen molar-refractivity contribution >= 4 is 17.0 Å². The van der Waals surface area contributed by atoms with Crippen LogP contribution in [0.15, 0.2) is 65.6 Å². The van der Waals surface area contributed by atoms with Crippen molar-refractivity contribution in [3.63, 3.8) is 0 Å². The molecule has 0 aliphatic carbocycles. The van der Waals surface area contributed by atoms with Gasteiger partial charge in [-0.2, -0.15) is 0 Å². The van der Waals surface area contributed by atoms with E-state index in [2.05, 4.69) is 10.3 Å². The van der Waals surface area contributed by atoms with Crippen molar-refractivity contribution in [1.29, 1.82) is 0 Å². The van der Waals surface area contributed by atoms with Gasteiger partial charge in [0.1, 0.15) is 29.6 Å². The third-order valence-corrected chi connectivity index (χ3v) is 6.37. The lowest BCUT2D eigenvalue weighted by atomic mass is 10.0. The predicted molar refractivity (Wildman–Crippen MR) is 140 cm³/mol. The molecule has 1 atom stereocenters. The second kappa shape index (κ2) is 11.0. The fraction of sp³-hybridized carbons (Fsp3) is 0.276. The predicted octanol–water partition coefficient (Wildman–Crippen LogP) is 3.86. The van der Waals surface area contributed by atoms with Crippen molar-refractivity contribution in [1.82, 2.24) is 14.9 Å². The third-order valence-electron chi connectivity index (χ3n) is 6.37. The van der Waals surface area contributed by atoms with E-state index in [0.717, 1.165) is 16.7 Å². The summed E-state index contributed by atoms with van der Waals surface area (Å²) in [5.74, 6) is -0.532. The first-order valence-electron chi connectivity index (χ1n) is 12.5. The number of carbonyl (C=O) groups is 1. The highest BCUT2D eigenvalue weighted by Crippen LogP contribution is 2.38. The maximum atomic E-state index is 13.8. The first kappa shape index (κ1) is 25.4. The molecule has 9 heteroatoms. The molecule has 0 amide bonds. The number of rotatable bonds is 9. The first-order valence-corrected chi connectivity index (χ1v) is 12.5. The summed E-state index contributed by atoms with van der Waals surface area (Å²) in [6.07, 6.45) is 1.70. The fourth-order valence-electron chi connectivity index (χ4n) is 4.64. The molecule has 0 spiro atoms. The highest BCUT2D eigenvalue weighted by atomic mass is 19.1. The molecule has 0 saturated carbocycles. The van der Waals surface area contributed by atoms with Crippen LogP contribution in [0.2, 0.25) is 0 Å². The lowest BCUT2D eigenvalue weighted by molar-refractivity contribution is 0.0517. The molecule has 2 aromatic carbocycles. The molecular weight excluding hydrogens is 489 g/mol. The van der Waals surface area contributed by atoms with Crippen LogP contribution in [0.5, 0.6) is 11.5 Å². The molecule has 0 radical (unpaired) electrons. The van der Waals surface area contributed by atoms with Gasteiger partial charge in [0.25, 0.3) is 5.56 Å². The minimum Gasteiger partial charge on any atom is -0.485 e. The Morgan fingerprint density at radius 3 is 2.63 bits per heavy atom. The van der Waals surface area contributed by atoms with Crippen molar-refractivity contribution < 1.29 is 23.4 Å². The van der Waals surface area contributed by atoms with Gasteiger partial charge in [-0.3, -0.25) is 14.3 Å². The summed E-state index contributed by atoms with van der Waals surface area (Å²) in [6, 6.07) is 15.6. The number of halogens is 1. The van der Waals surface area contributed by atoms with Crippen LogP contribution >= 0.6 is 0 Å². The summed E-state index contributed by atoms with van der Waals surface area (Å²) in [6.45, 7) is 2.61. The quantitative estimate of drug-likeness (QED) is 0.337. The highest BCUT2D eigenvalue weighted by Gasteiger charge is 2.33. The SMILES string of the molecule is CCOC(=O)c1c(OCc2ccccc2)c2ncc(Cc3ccc(F)cc3)c3c2n(c1=O)CC(CNC)O3. The van der Waals surface area contributed by atoms with E-state index in [-0.39, 0.29) is 43.0 Å². The fourth-order valence-corrected chi connectivity index (χ4v) is 4.64. The van der Waals surface area contributed by atoms with E-state index >= 15 is 0 Å². The Morgan fingerprint density at radius 1 is 1.16 bits per heavy atom. The van der Waals surface area contributed by atoms with Crippen LogP contribution in [0.25, 0.3) is 11.0 Å². The number of pyridine rings is 2. The van der Waals surface area contributed by atoms with Gasteiger partial charge in [0.15, 0.2) is 17.1 Å². The van der Waals surface area contributed by atoms with Gasteiger partial charge >= 0.3 is 5.97 Å². The van der Waals surface area contributed by atoms with Crippen LogP contribution < -0.4 is 20.3 Å². The number of aromatic nitrogens is 2. The molecule has 8 nitrogen and oxygen atoms in total. The van der Waals surface area contributed by atoms with E-state index in [1.165, 1.54) is 16.7 Å². The van der Waals surface area contributed by atoms with Gasteiger partial charge in [0.2, 0.25) is 0 Å². The average Bonchev–Trinajstić information content (AvgIpc) is 2.92. The summed E-state index contributed by atoms with van der Waals surface area (Å²) < 4.78 is 32.8. The van der Waals surface area contributed by atoms with Crippen LogP contribution in [0.1, 0.15) is 34.0 Å². The number of nitrogens with one attached hydrogen (secondary N) is 1. The van der Waals surface area contributed by atoms with Gasteiger partial charge < -0.3 is 19.5 Å². The topological polar surface area (TPSA) is 91.7 Å². The van der Waals surface area contributed by atoms with E-state index in [0.29, 0.717) is 29.7 Å². The van der Waals surface area contributed by atoms with Crippen molar-refractivity contribution in [2.45, 2.75) is 32.6 Å². The van der Waals surface area contributed by atoms with Crippen molar-refractivity contribution in [2.24, 2.45) is 0 Å². The minimum atomic E-state index is -0.762. The second-order valence-corrected chi connectivity index (χ2v) is 9.03. The molecule has 1 N–H and O–H groups in total. The van der Waals surface area contributed by atoms with E-state index in [1.807, 2.05) is 30.3 Å². The average molecular weight is 518 g/mol. The lowest BCUT2D eigenvalue weighted by Gasteiger charge is -2.30. The van der Waals surface area contributed by atoms with E-state index in [4.69, 9.17) is 14.2 Å². The zero-order valence-electron chi connectivity index (χ0n) is 21.2. The number of carbonyl (C=O) groups excluding carboxylic acids is 1. The third kappa shape index (κ3) is 4.97. The Balaban J connectivity index is 1.70. The molecule has 4 aromatic rings. The molecule has 3 heterocycles. The molecule has 5 rings (SSSR count). The van der Waals surface area contributed by atoms with Gasteiger partial charge in [-0.25, -0.2) is 9.18 Å². The second-order valence-electron chi connectivity index (χ2n) is 9.03. The standard InChI is InChI=1S/C29H28FN3O5/c1-3-36-29(35)23-27(37-17-19-7-5-4-6-8-19)24-25-26(38-22(15-31-2)16-33(25)28(23)34)20(14-32-24)13-18-9-11-21(30)12-10-18/h4-12,14,22,31H,3,13,15-17H2,1-2H3. The Kier molecular flexibility index (Phi) is 7.37. The van der Waals surface area contributed by atoms with Crippen LogP contribution in [0.4, 0.5) is 4.39 Å². The van der Waals surface area contributed by atoms with Gasteiger partial charge in [-0.15, -0.1) is 0 Å². The summed E-state index contributed by atoms with van der Waals surface area (Å²) in [5, 5.41) is 3.09. The maximum absolute atomic E-state index is 13.8. The van der Waals surface area contributed by atoms with Crippen LogP contribution in [0.3, 0.4) is 0 Å².